The Balaban J connectivity index is 1.69. The second-order valence-electron chi connectivity index (χ2n) is 5.46. The van der Waals surface area contributed by atoms with E-state index in [0.29, 0.717) is 17.1 Å². The molecule has 23 heavy (non-hydrogen) atoms. The second kappa shape index (κ2) is 7.30. The summed E-state index contributed by atoms with van der Waals surface area (Å²) in [5.41, 5.74) is 2.61. The predicted octanol–water partition coefficient (Wildman–Crippen LogP) is 3.56. The van der Waals surface area contributed by atoms with Crippen LogP contribution in [0.5, 0.6) is 0 Å². The second-order valence-corrected chi connectivity index (χ2v) is 6.51. The first kappa shape index (κ1) is 15.6. The van der Waals surface area contributed by atoms with Gasteiger partial charge in [-0.2, -0.15) is 5.26 Å². The summed E-state index contributed by atoms with van der Waals surface area (Å²) in [6, 6.07) is 13.8. The van der Waals surface area contributed by atoms with Crippen LogP contribution in [0.1, 0.15) is 29.7 Å². The summed E-state index contributed by atoms with van der Waals surface area (Å²) in [6.45, 7) is 0. The van der Waals surface area contributed by atoms with Crippen molar-refractivity contribution in [2.24, 2.45) is 0 Å². The molecule has 4 nitrogen and oxygen atoms in total. The lowest BCUT2D eigenvalue weighted by Gasteiger charge is -2.17. The van der Waals surface area contributed by atoms with Gasteiger partial charge in [0.25, 0.3) is 0 Å². The number of anilines is 1. The van der Waals surface area contributed by atoms with Gasteiger partial charge in [0.2, 0.25) is 5.91 Å². The molecule has 116 valence electrons. The van der Waals surface area contributed by atoms with Gasteiger partial charge in [0.05, 0.1) is 11.3 Å². The molecule has 1 aromatic heterocycles. The van der Waals surface area contributed by atoms with Gasteiger partial charge in [-0.25, -0.2) is 4.98 Å². The van der Waals surface area contributed by atoms with Crippen LogP contribution in [0, 0.1) is 11.3 Å². The smallest absolute Gasteiger partial charge is 0.235 e. The van der Waals surface area contributed by atoms with Crippen LogP contribution in [-0.4, -0.2) is 16.6 Å². The van der Waals surface area contributed by atoms with Crippen molar-refractivity contribution in [1.82, 2.24) is 4.98 Å². The topological polar surface area (TPSA) is 65.8 Å². The summed E-state index contributed by atoms with van der Waals surface area (Å²) < 4.78 is 0. The van der Waals surface area contributed by atoms with E-state index >= 15 is 0 Å². The van der Waals surface area contributed by atoms with Crippen molar-refractivity contribution in [3.05, 3.63) is 53.2 Å². The zero-order valence-corrected chi connectivity index (χ0v) is 13.5. The Morgan fingerprint density at radius 2 is 2.04 bits per heavy atom. The first-order valence-corrected chi connectivity index (χ1v) is 8.65. The van der Waals surface area contributed by atoms with E-state index in [2.05, 4.69) is 16.4 Å². The molecule has 2 aromatic rings. The average molecular weight is 323 g/mol. The minimum absolute atomic E-state index is 0.140. The molecular weight excluding hydrogens is 306 g/mol. The van der Waals surface area contributed by atoms with Crippen molar-refractivity contribution in [2.45, 2.75) is 30.6 Å². The van der Waals surface area contributed by atoms with Crippen molar-refractivity contribution in [3.8, 4) is 6.07 Å². The Kier molecular flexibility index (Phi) is 4.94. The number of pyridine rings is 1. The number of aryl methyl sites for hydroxylation is 2. The van der Waals surface area contributed by atoms with E-state index in [4.69, 9.17) is 0 Å². The van der Waals surface area contributed by atoms with Crippen LogP contribution in [-0.2, 0) is 17.6 Å². The number of benzene rings is 1. The highest BCUT2D eigenvalue weighted by Gasteiger charge is 2.16. The Hall–Kier alpha value is -2.32. The van der Waals surface area contributed by atoms with Crippen molar-refractivity contribution in [1.29, 1.82) is 5.26 Å². The van der Waals surface area contributed by atoms with Gasteiger partial charge in [0, 0.05) is 10.6 Å². The van der Waals surface area contributed by atoms with Crippen LogP contribution in [0.3, 0.4) is 0 Å². The lowest BCUT2D eigenvalue weighted by Crippen LogP contribution is -2.18. The summed E-state index contributed by atoms with van der Waals surface area (Å²) in [5.74, 6) is 0.554. The van der Waals surface area contributed by atoms with E-state index < -0.39 is 0 Å². The molecule has 1 N–H and O–H groups in total. The molecule has 1 aliphatic carbocycles. The van der Waals surface area contributed by atoms with Crippen LogP contribution >= 0.6 is 11.8 Å². The van der Waals surface area contributed by atoms with Crippen LogP contribution < -0.4 is 5.32 Å². The number of fused-ring (bicyclic) bond motifs is 1. The maximum absolute atomic E-state index is 12.1. The molecule has 0 saturated heterocycles. The highest BCUT2D eigenvalue weighted by atomic mass is 32.2. The third kappa shape index (κ3) is 3.91. The van der Waals surface area contributed by atoms with Gasteiger partial charge >= 0.3 is 0 Å². The number of amides is 1. The number of nitrogens with one attached hydrogen (secondary N) is 1. The molecule has 0 unspecified atom stereocenters. The van der Waals surface area contributed by atoms with Gasteiger partial charge in [-0.1, -0.05) is 18.2 Å². The van der Waals surface area contributed by atoms with Crippen molar-refractivity contribution in [3.63, 3.8) is 0 Å². The summed E-state index contributed by atoms with van der Waals surface area (Å²) >= 11 is 1.47. The summed E-state index contributed by atoms with van der Waals surface area (Å²) in [7, 11) is 0. The summed E-state index contributed by atoms with van der Waals surface area (Å²) in [5, 5.41) is 12.1. The molecule has 0 atom stereocenters. The number of hydrogen-bond acceptors (Lipinski definition) is 4. The SMILES string of the molecule is N#Cc1cc2c(nc1NC(=O)CSc1ccccc1)CCCC2. The van der Waals surface area contributed by atoms with Gasteiger partial charge in [-0.05, 0) is 49.4 Å². The number of nitrogens with zero attached hydrogens (tertiary/aromatic N) is 2. The molecule has 1 aliphatic rings. The number of aromatic nitrogens is 1. The summed E-state index contributed by atoms with van der Waals surface area (Å²) in [4.78, 5) is 17.7. The molecule has 0 radical (unpaired) electrons. The van der Waals surface area contributed by atoms with Crippen LogP contribution in [0.15, 0.2) is 41.3 Å². The van der Waals surface area contributed by atoms with E-state index in [1.165, 1.54) is 11.8 Å². The van der Waals surface area contributed by atoms with Crippen molar-refractivity contribution < 1.29 is 4.79 Å². The molecule has 3 rings (SSSR count). The van der Waals surface area contributed by atoms with Gasteiger partial charge in [-0.3, -0.25) is 4.79 Å². The average Bonchev–Trinajstić information content (AvgIpc) is 2.60. The standard InChI is InChI=1S/C18H17N3OS/c19-11-14-10-13-6-4-5-9-16(13)20-18(14)21-17(22)12-23-15-7-2-1-3-8-15/h1-3,7-8,10H,4-6,9,12H2,(H,20,21,22). The number of carbonyl (C=O) groups is 1. The van der Waals surface area contributed by atoms with E-state index in [1.807, 2.05) is 36.4 Å². The van der Waals surface area contributed by atoms with Gasteiger partial charge in [-0.15, -0.1) is 11.8 Å². The third-order valence-corrected chi connectivity index (χ3v) is 4.80. The number of thioether (sulfide) groups is 1. The Labute approximate surface area is 139 Å². The fourth-order valence-corrected chi connectivity index (χ4v) is 3.37. The summed E-state index contributed by atoms with van der Waals surface area (Å²) in [6.07, 6.45) is 4.14. The lowest BCUT2D eigenvalue weighted by atomic mass is 9.95. The number of hydrogen-bond donors (Lipinski definition) is 1. The fraction of sp³-hybridized carbons (Fsp3) is 0.278. The minimum Gasteiger partial charge on any atom is -0.309 e. The predicted molar refractivity (Wildman–Crippen MR) is 91.4 cm³/mol. The van der Waals surface area contributed by atoms with Gasteiger partial charge in [0.1, 0.15) is 6.07 Å². The number of rotatable bonds is 4. The van der Waals surface area contributed by atoms with E-state index in [1.54, 1.807) is 0 Å². The highest BCUT2D eigenvalue weighted by Crippen LogP contribution is 2.24. The molecule has 0 spiro atoms. The maximum Gasteiger partial charge on any atom is 0.235 e. The first-order chi connectivity index (χ1) is 11.3. The Bertz CT molecular complexity index is 753. The largest absolute Gasteiger partial charge is 0.309 e. The molecule has 1 heterocycles. The fourth-order valence-electron chi connectivity index (χ4n) is 2.65. The van der Waals surface area contributed by atoms with Crippen molar-refractivity contribution in [2.75, 3.05) is 11.1 Å². The van der Waals surface area contributed by atoms with Crippen LogP contribution in [0.25, 0.3) is 0 Å². The molecule has 0 fully saturated rings. The minimum atomic E-state index is -0.140. The van der Waals surface area contributed by atoms with E-state index in [0.717, 1.165) is 41.8 Å². The highest BCUT2D eigenvalue weighted by molar-refractivity contribution is 8.00. The molecule has 0 bridgehead atoms. The van der Waals surface area contributed by atoms with Crippen LogP contribution in [0.2, 0.25) is 0 Å². The molecule has 0 saturated carbocycles. The molecule has 5 heteroatoms. The lowest BCUT2D eigenvalue weighted by molar-refractivity contribution is -0.113. The zero-order chi connectivity index (χ0) is 16.1. The molecule has 1 amide bonds. The number of nitriles is 1. The Morgan fingerprint density at radius 3 is 2.83 bits per heavy atom. The molecule has 0 aliphatic heterocycles. The first-order valence-electron chi connectivity index (χ1n) is 7.67. The van der Waals surface area contributed by atoms with E-state index in [-0.39, 0.29) is 5.91 Å². The number of carbonyl (C=O) groups excluding carboxylic acids is 1. The zero-order valence-electron chi connectivity index (χ0n) is 12.7. The normalized spacial score (nSPS) is 13.0. The van der Waals surface area contributed by atoms with E-state index in [9.17, 15) is 10.1 Å². The molecule has 1 aromatic carbocycles. The monoisotopic (exact) mass is 323 g/mol. The van der Waals surface area contributed by atoms with Gasteiger partial charge < -0.3 is 5.32 Å². The quantitative estimate of drug-likeness (QED) is 0.874. The van der Waals surface area contributed by atoms with Crippen molar-refractivity contribution >= 4 is 23.5 Å². The third-order valence-electron chi connectivity index (χ3n) is 3.79. The van der Waals surface area contributed by atoms with Gasteiger partial charge in [0.15, 0.2) is 5.82 Å². The molecular formula is C18H17N3OS. The van der Waals surface area contributed by atoms with Crippen LogP contribution in [0.4, 0.5) is 5.82 Å². The Morgan fingerprint density at radius 1 is 1.26 bits per heavy atom. The maximum atomic E-state index is 12.1.